The number of carbonyl (C=O) groups excluding carboxylic acids is 2. The monoisotopic (exact) mass is 316 g/mol. The number of rotatable bonds is 5. The molecule has 0 bridgehead atoms. The Kier molecular flexibility index (Phi) is 5.16. The van der Waals surface area contributed by atoms with E-state index < -0.39 is 0 Å². The molecular weight excluding hydrogens is 292 g/mol. The number of likely N-dealkylation sites (tertiary alicyclic amines) is 1. The van der Waals surface area contributed by atoms with Crippen molar-refractivity contribution in [1.82, 2.24) is 10.2 Å². The molecule has 1 aliphatic carbocycles. The number of piperidine rings is 1. The van der Waals surface area contributed by atoms with Gasteiger partial charge in [-0.1, -0.05) is 24.6 Å². The number of hydrogen-bond donors (Lipinski definition) is 1. The van der Waals surface area contributed by atoms with E-state index in [9.17, 15) is 9.59 Å². The summed E-state index contributed by atoms with van der Waals surface area (Å²) < 4.78 is 5.45. The van der Waals surface area contributed by atoms with E-state index >= 15 is 0 Å². The van der Waals surface area contributed by atoms with Gasteiger partial charge in [-0.2, -0.15) is 0 Å². The molecule has 1 heterocycles. The molecule has 124 valence electrons. The molecular formula is C18H24N2O3. The highest BCUT2D eigenvalue weighted by Gasteiger charge is 2.31. The Labute approximate surface area is 137 Å². The third kappa shape index (κ3) is 4.24. The maximum atomic E-state index is 12.2. The van der Waals surface area contributed by atoms with E-state index in [4.69, 9.17) is 4.74 Å². The van der Waals surface area contributed by atoms with Gasteiger partial charge in [-0.05, 0) is 37.8 Å². The molecule has 1 saturated heterocycles. The van der Waals surface area contributed by atoms with E-state index in [0.717, 1.165) is 38.8 Å². The summed E-state index contributed by atoms with van der Waals surface area (Å²) in [5, 5.41) is 3.00. The van der Waals surface area contributed by atoms with Crippen molar-refractivity contribution in [3.8, 4) is 5.75 Å². The minimum absolute atomic E-state index is 0.0330. The highest BCUT2D eigenvalue weighted by atomic mass is 16.5. The highest BCUT2D eigenvalue weighted by Crippen LogP contribution is 2.29. The molecule has 1 aromatic rings. The predicted molar refractivity (Wildman–Crippen MR) is 87.0 cm³/mol. The van der Waals surface area contributed by atoms with Crippen LogP contribution < -0.4 is 10.1 Å². The highest BCUT2D eigenvalue weighted by molar-refractivity contribution is 5.80. The van der Waals surface area contributed by atoms with Gasteiger partial charge in [0.1, 0.15) is 5.75 Å². The van der Waals surface area contributed by atoms with Gasteiger partial charge in [0.2, 0.25) is 5.91 Å². The molecule has 0 spiro atoms. The average molecular weight is 316 g/mol. The zero-order valence-corrected chi connectivity index (χ0v) is 13.4. The van der Waals surface area contributed by atoms with Crippen LogP contribution >= 0.6 is 0 Å². The Morgan fingerprint density at radius 3 is 2.39 bits per heavy atom. The Bertz CT molecular complexity index is 534. The summed E-state index contributed by atoms with van der Waals surface area (Å²) in [7, 11) is 0. The molecule has 5 heteroatoms. The fourth-order valence-corrected chi connectivity index (χ4v) is 3.09. The maximum Gasteiger partial charge on any atom is 0.258 e. The number of benzene rings is 1. The second kappa shape index (κ2) is 7.49. The largest absolute Gasteiger partial charge is 0.484 e. The lowest BCUT2D eigenvalue weighted by Gasteiger charge is -2.36. The quantitative estimate of drug-likeness (QED) is 0.903. The van der Waals surface area contributed by atoms with E-state index in [1.54, 1.807) is 0 Å². The summed E-state index contributed by atoms with van der Waals surface area (Å²) in [6, 6.07) is 9.47. The molecule has 1 saturated carbocycles. The Morgan fingerprint density at radius 1 is 1.09 bits per heavy atom. The zero-order chi connectivity index (χ0) is 16.1. The van der Waals surface area contributed by atoms with Crippen LogP contribution in [0.5, 0.6) is 5.75 Å². The predicted octanol–water partition coefficient (Wildman–Crippen LogP) is 1.97. The molecule has 2 fully saturated rings. The average Bonchev–Trinajstić information content (AvgIpc) is 2.53. The Hall–Kier alpha value is -2.04. The van der Waals surface area contributed by atoms with Crippen LogP contribution in [0.4, 0.5) is 0 Å². The first-order chi connectivity index (χ1) is 11.2. The number of nitrogens with zero attached hydrogens (tertiary/aromatic N) is 1. The summed E-state index contributed by atoms with van der Waals surface area (Å²) in [6.07, 6.45) is 4.94. The summed E-state index contributed by atoms with van der Waals surface area (Å²) in [5.41, 5.74) is 0. The van der Waals surface area contributed by atoms with Crippen LogP contribution in [0.25, 0.3) is 0 Å². The van der Waals surface area contributed by atoms with Gasteiger partial charge in [-0.3, -0.25) is 9.59 Å². The SMILES string of the molecule is O=C(COc1ccccc1)NC1CCN(C(=O)C2CCC2)CC1. The van der Waals surface area contributed by atoms with Crippen LogP contribution in [0.15, 0.2) is 30.3 Å². The van der Waals surface area contributed by atoms with Gasteiger partial charge in [-0.15, -0.1) is 0 Å². The molecule has 1 aromatic carbocycles. The van der Waals surface area contributed by atoms with Crippen molar-refractivity contribution in [2.75, 3.05) is 19.7 Å². The van der Waals surface area contributed by atoms with Gasteiger partial charge < -0.3 is 15.0 Å². The Morgan fingerprint density at radius 2 is 1.78 bits per heavy atom. The summed E-state index contributed by atoms with van der Waals surface area (Å²) in [4.78, 5) is 26.1. The number of hydrogen-bond acceptors (Lipinski definition) is 3. The number of para-hydroxylation sites is 1. The molecule has 2 aliphatic rings. The lowest BCUT2D eigenvalue weighted by atomic mass is 9.84. The van der Waals surface area contributed by atoms with Crippen molar-refractivity contribution >= 4 is 11.8 Å². The van der Waals surface area contributed by atoms with Crippen LogP contribution in [0.1, 0.15) is 32.1 Å². The lowest BCUT2D eigenvalue weighted by molar-refractivity contribution is -0.139. The number of nitrogens with one attached hydrogen (secondary N) is 1. The molecule has 0 unspecified atom stereocenters. The first kappa shape index (κ1) is 15.8. The number of amides is 2. The molecule has 1 aliphatic heterocycles. The topological polar surface area (TPSA) is 58.6 Å². The van der Waals surface area contributed by atoms with Crippen LogP contribution in [0, 0.1) is 5.92 Å². The third-order valence-corrected chi connectivity index (χ3v) is 4.74. The molecule has 2 amide bonds. The maximum absolute atomic E-state index is 12.2. The normalized spacial score (nSPS) is 19.0. The van der Waals surface area contributed by atoms with Gasteiger partial charge in [0.05, 0.1) is 0 Å². The zero-order valence-electron chi connectivity index (χ0n) is 13.4. The minimum Gasteiger partial charge on any atom is -0.484 e. The van der Waals surface area contributed by atoms with E-state index in [0.29, 0.717) is 11.7 Å². The van der Waals surface area contributed by atoms with Gasteiger partial charge in [0.15, 0.2) is 6.61 Å². The molecule has 1 N–H and O–H groups in total. The minimum atomic E-state index is -0.0994. The van der Waals surface area contributed by atoms with Crippen LogP contribution in [0.3, 0.4) is 0 Å². The molecule has 5 nitrogen and oxygen atoms in total. The molecule has 0 aromatic heterocycles. The number of carbonyl (C=O) groups is 2. The first-order valence-corrected chi connectivity index (χ1v) is 8.48. The summed E-state index contributed by atoms with van der Waals surface area (Å²) >= 11 is 0. The van der Waals surface area contributed by atoms with Gasteiger partial charge in [0.25, 0.3) is 5.91 Å². The van der Waals surface area contributed by atoms with Gasteiger partial charge in [-0.25, -0.2) is 0 Å². The standard InChI is InChI=1S/C18H24N2O3/c21-17(13-23-16-7-2-1-3-8-16)19-15-9-11-20(12-10-15)18(22)14-5-4-6-14/h1-3,7-8,14-15H,4-6,9-13H2,(H,19,21). The fraction of sp³-hybridized carbons (Fsp3) is 0.556. The van der Waals surface area contributed by atoms with E-state index in [2.05, 4.69) is 5.32 Å². The molecule has 0 radical (unpaired) electrons. The summed E-state index contributed by atoms with van der Waals surface area (Å²) in [5.74, 6) is 1.18. The van der Waals surface area contributed by atoms with E-state index in [1.165, 1.54) is 6.42 Å². The molecule has 0 atom stereocenters. The van der Waals surface area contributed by atoms with Crippen molar-refractivity contribution in [3.63, 3.8) is 0 Å². The third-order valence-electron chi connectivity index (χ3n) is 4.74. The molecule has 23 heavy (non-hydrogen) atoms. The van der Waals surface area contributed by atoms with Gasteiger partial charge in [0, 0.05) is 25.0 Å². The van der Waals surface area contributed by atoms with Crippen LogP contribution in [-0.4, -0.2) is 42.5 Å². The van der Waals surface area contributed by atoms with Gasteiger partial charge >= 0.3 is 0 Å². The molecule has 3 rings (SSSR count). The van der Waals surface area contributed by atoms with Crippen molar-refractivity contribution < 1.29 is 14.3 Å². The van der Waals surface area contributed by atoms with Crippen molar-refractivity contribution in [2.45, 2.75) is 38.1 Å². The smallest absolute Gasteiger partial charge is 0.258 e. The van der Waals surface area contributed by atoms with Crippen molar-refractivity contribution in [3.05, 3.63) is 30.3 Å². The van der Waals surface area contributed by atoms with Crippen molar-refractivity contribution in [2.24, 2.45) is 5.92 Å². The van der Waals surface area contributed by atoms with Crippen molar-refractivity contribution in [1.29, 1.82) is 0 Å². The van der Waals surface area contributed by atoms with Crippen LogP contribution in [0.2, 0.25) is 0 Å². The summed E-state index contributed by atoms with van der Waals surface area (Å²) in [6.45, 7) is 1.53. The Balaban J connectivity index is 1.36. The van der Waals surface area contributed by atoms with E-state index in [1.807, 2.05) is 35.2 Å². The first-order valence-electron chi connectivity index (χ1n) is 8.48. The number of ether oxygens (including phenoxy) is 1. The van der Waals surface area contributed by atoms with E-state index in [-0.39, 0.29) is 24.5 Å². The second-order valence-electron chi connectivity index (χ2n) is 6.40. The fourth-order valence-electron chi connectivity index (χ4n) is 3.09. The lowest BCUT2D eigenvalue weighted by Crippen LogP contribution is -2.49. The van der Waals surface area contributed by atoms with Crippen LogP contribution in [-0.2, 0) is 9.59 Å². The second-order valence-corrected chi connectivity index (χ2v) is 6.40.